The van der Waals surface area contributed by atoms with Gasteiger partial charge in [-0.3, -0.25) is 5.32 Å². The highest BCUT2D eigenvalue weighted by Gasteiger charge is 2.32. The van der Waals surface area contributed by atoms with Crippen molar-refractivity contribution in [3.63, 3.8) is 0 Å². The van der Waals surface area contributed by atoms with Crippen LogP contribution in [0.4, 0.5) is 9.93 Å². The Morgan fingerprint density at radius 3 is 2.53 bits per heavy atom. The number of urea groups is 1. The number of carbonyl (C=O) groups excluding carboxylic acids is 1. The fourth-order valence-electron chi connectivity index (χ4n) is 1.20. The Bertz CT molecular complexity index is 397. The van der Waals surface area contributed by atoms with E-state index in [1.54, 1.807) is 32.3 Å². The maximum Gasteiger partial charge on any atom is 0.326 e. The first-order valence-electron chi connectivity index (χ1n) is 5.00. The first-order chi connectivity index (χ1) is 7.80. The van der Waals surface area contributed by atoms with Crippen LogP contribution in [0.3, 0.4) is 0 Å². The Morgan fingerprint density at radius 1 is 1.47 bits per heavy atom. The van der Waals surface area contributed by atoms with Gasteiger partial charge >= 0.3 is 12.0 Å². The molecule has 0 radical (unpaired) electrons. The fourth-order valence-corrected chi connectivity index (χ4v) is 1.72. The molecule has 0 spiro atoms. The normalized spacial score (nSPS) is 12.9. The number of thiazole rings is 1. The third kappa shape index (κ3) is 4.03. The van der Waals surface area contributed by atoms with Crippen molar-refractivity contribution in [2.24, 2.45) is 5.41 Å². The molecule has 0 bridgehead atoms. The van der Waals surface area contributed by atoms with Gasteiger partial charge in [0.2, 0.25) is 0 Å². The predicted molar refractivity (Wildman–Crippen MR) is 65.1 cm³/mol. The molecule has 6 nitrogen and oxygen atoms in total. The van der Waals surface area contributed by atoms with Crippen molar-refractivity contribution in [1.82, 2.24) is 10.3 Å². The van der Waals surface area contributed by atoms with Gasteiger partial charge in [-0.1, -0.05) is 20.8 Å². The molecule has 7 heteroatoms. The molecule has 1 aromatic rings. The molecule has 0 aromatic carbocycles. The fraction of sp³-hybridized carbons (Fsp3) is 0.500. The van der Waals surface area contributed by atoms with E-state index < -0.39 is 23.5 Å². The molecule has 0 saturated heterocycles. The lowest BCUT2D eigenvalue weighted by molar-refractivity contribution is -0.141. The molecular weight excluding hydrogens is 242 g/mol. The minimum atomic E-state index is -1.06. The number of anilines is 1. The van der Waals surface area contributed by atoms with Gasteiger partial charge in [-0.2, -0.15) is 0 Å². The summed E-state index contributed by atoms with van der Waals surface area (Å²) in [4.78, 5) is 26.5. The summed E-state index contributed by atoms with van der Waals surface area (Å²) < 4.78 is 0. The van der Waals surface area contributed by atoms with Crippen LogP contribution in [0.1, 0.15) is 20.8 Å². The Morgan fingerprint density at radius 2 is 2.12 bits per heavy atom. The molecule has 94 valence electrons. The number of amides is 2. The summed E-state index contributed by atoms with van der Waals surface area (Å²) in [5.41, 5.74) is -0.563. The Balaban J connectivity index is 2.62. The summed E-state index contributed by atoms with van der Waals surface area (Å²) in [7, 11) is 0. The van der Waals surface area contributed by atoms with Gasteiger partial charge in [0.25, 0.3) is 0 Å². The van der Waals surface area contributed by atoms with Crippen LogP contribution in [0.25, 0.3) is 0 Å². The van der Waals surface area contributed by atoms with Crippen LogP contribution in [-0.2, 0) is 4.79 Å². The second-order valence-corrected chi connectivity index (χ2v) is 5.47. The first kappa shape index (κ1) is 13.4. The zero-order chi connectivity index (χ0) is 13.1. The van der Waals surface area contributed by atoms with E-state index in [2.05, 4.69) is 15.6 Å². The summed E-state index contributed by atoms with van der Waals surface area (Å²) in [5, 5.41) is 16.1. The van der Waals surface area contributed by atoms with Gasteiger partial charge in [0.15, 0.2) is 5.13 Å². The average Bonchev–Trinajstić information content (AvgIpc) is 2.64. The second-order valence-electron chi connectivity index (χ2n) is 4.57. The van der Waals surface area contributed by atoms with E-state index in [-0.39, 0.29) is 0 Å². The average molecular weight is 257 g/mol. The second kappa shape index (κ2) is 5.13. The van der Waals surface area contributed by atoms with Crippen LogP contribution in [0.5, 0.6) is 0 Å². The largest absolute Gasteiger partial charge is 0.480 e. The monoisotopic (exact) mass is 257 g/mol. The van der Waals surface area contributed by atoms with Gasteiger partial charge in [-0.05, 0) is 5.41 Å². The van der Waals surface area contributed by atoms with Crippen LogP contribution >= 0.6 is 11.3 Å². The number of nitrogens with one attached hydrogen (secondary N) is 2. The zero-order valence-electron chi connectivity index (χ0n) is 9.85. The number of nitrogens with zero attached hydrogens (tertiary/aromatic N) is 1. The molecule has 1 aromatic heterocycles. The minimum Gasteiger partial charge on any atom is -0.480 e. The topological polar surface area (TPSA) is 91.3 Å². The third-order valence-electron chi connectivity index (χ3n) is 2.04. The van der Waals surface area contributed by atoms with E-state index in [0.717, 1.165) is 0 Å². The highest BCUT2D eigenvalue weighted by atomic mass is 32.1. The smallest absolute Gasteiger partial charge is 0.326 e. The Kier molecular flexibility index (Phi) is 4.06. The van der Waals surface area contributed by atoms with Crippen molar-refractivity contribution in [2.75, 3.05) is 5.32 Å². The summed E-state index contributed by atoms with van der Waals surface area (Å²) >= 11 is 1.26. The van der Waals surface area contributed by atoms with E-state index >= 15 is 0 Å². The third-order valence-corrected chi connectivity index (χ3v) is 2.73. The van der Waals surface area contributed by atoms with Crippen molar-refractivity contribution in [1.29, 1.82) is 0 Å². The molecular formula is C10H15N3O3S. The number of aliphatic carboxylic acids is 1. The lowest BCUT2D eigenvalue weighted by Gasteiger charge is -2.27. The molecule has 0 saturated carbocycles. The Hall–Kier alpha value is -1.63. The minimum absolute atomic E-state index is 0.431. The number of hydrogen-bond acceptors (Lipinski definition) is 4. The highest BCUT2D eigenvalue weighted by molar-refractivity contribution is 7.13. The number of hydrogen-bond donors (Lipinski definition) is 3. The van der Waals surface area contributed by atoms with Crippen molar-refractivity contribution in [3.8, 4) is 0 Å². The van der Waals surface area contributed by atoms with Crippen molar-refractivity contribution in [3.05, 3.63) is 11.6 Å². The highest BCUT2D eigenvalue weighted by Crippen LogP contribution is 2.19. The lowest BCUT2D eigenvalue weighted by Crippen LogP contribution is -2.50. The number of rotatable bonds is 3. The number of carboxylic acid groups (broad SMARTS) is 1. The number of carbonyl (C=O) groups is 2. The Labute approximate surface area is 103 Å². The standard InChI is InChI=1S/C10H15N3O3S/c1-10(2,3)6(7(14)15)12-8(16)13-9-11-4-5-17-9/h4-6H,1-3H3,(H,14,15)(H2,11,12,13,16). The van der Waals surface area contributed by atoms with E-state index in [4.69, 9.17) is 5.11 Å². The van der Waals surface area contributed by atoms with E-state index in [0.29, 0.717) is 5.13 Å². The molecule has 0 aliphatic heterocycles. The summed E-state index contributed by atoms with van der Waals surface area (Å²) in [6.45, 7) is 5.24. The van der Waals surface area contributed by atoms with Crippen LogP contribution in [-0.4, -0.2) is 28.1 Å². The van der Waals surface area contributed by atoms with Gasteiger partial charge in [-0.15, -0.1) is 11.3 Å². The van der Waals surface area contributed by atoms with E-state index in [1.807, 2.05) is 0 Å². The van der Waals surface area contributed by atoms with Gasteiger partial charge in [0, 0.05) is 11.6 Å². The molecule has 1 rings (SSSR count). The molecule has 17 heavy (non-hydrogen) atoms. The molecule has 0 aliphatic carbocycles. The molecule has 3 N–H and O–H groups in total. The van der Waals surface area contributed by atoms with Gasteiger partial charge in [0.1, 0.15) is 6.04 Å². The van der Waals surface area contributed by atoms with Crippen LogP contribution in [0.2, 0.25) is 0 Å². The summed E-state index contributed by atoms with van der Waals surface area (Å²) in [6, 6.07) is -1.52. The lowest BCUT2D eigenvalue weighted by atomic mass is 9.87. The predicted octanol–water partition coefficient (Wildman–Crippen LogP) is 1.76. The molecule has 2 amide bonds. The number of carboxylic acids is 1. The summed E-state index contributed by atoms with van der Waals surface area (Å²) in [6.07, 6.45) is 1.55. The van der Waals surface area contributed by atoms with Crippen molar-refractivity contribution >= 4 is 28.5 Å². The molecule has 1 heterocycles. The van der Waals surface area contributed by atoms with Gasteiger partial charge < -0.3 is 10.4 Å². The van der Waals surface area contributed by atoms with Crippen molar-refractivity contribution in [2.45, 2.75) is 26.8 Å². The molecule has 0 fully saturated rings. The van der Waals surface area contributed by atoms with E-state index in [9.17, 15) is 9.59 Å². The molecule has 1 unspecified atom stereocenters. The van der Waals surface area contributed by atoms with Crippen LogP contribution in [0.15, 0.2) is 11.6 Å². The quantitative estimate of drug-likeness (QED) is 0.769. The van der Waals surface area contributed by atoms with Crippen LogP contribution in [0, 0.1) is 5.41 Å². The maximum absolute atomic E-state index is 11.6. The maximum atomic E-state index is 11.6. The zero-order valence-corrected chi connectivity index (χ0v) is 10.7. The molecule has 1 atom stereocenters. The number of aromatic nitrogens is 1. The summed E-state index contributed by atoms with van der Waals surface area (Å²) in [5.74, 6) is -1.06. The molecule has 0 aliphatic rings. The SMILES string of the molecule is CC(C)(C)C(NC(=O)Nc1nccs1)C(=O)O. The van der Waals surface area contributed by atoms with Crippen molar-refractivity contribution < 1.29 is 14.7 Å². The first-order valence-corrected chi connectivity index (χ1v) is 5.88. The van der Waals surface area contributed by atoms with Gasteiger partial charge in [-0.25, -0.2) is 14.6 Å². The van der Waals surface area contributed by atoms with Crippen LogP contribution < -0.4 is 10.6 Å². The van der Waals surface area contributed by atoms with E-state index in [1.165, 1.54) is 11.3 Å². The van der Waals surface area contributed by atoms with Gasteiger partial charge in [0.05, 0.1) is 0 Å².